The molecule has 0 unspecified atom stereocenters. The summed E-state index contributed by atoms with van der Waals surface area (Å²) in [5.74, 6) is 0.656. The van der Waals surface area contributed by atoms with Crippen LogP contribution in [0.5, 0.6) is 5.75 Å². The largest absolute Gasteiger partial charge is 0.497 e. The number of rotatable bonds is 5. The van der Waals surface area contributed by atoms with Crippen molar-refractivity contribution in [2.45, 2.75) is 31.6 Å². The lowest BCUT2D eigenvalue weighted by atomic mass is 10.1. The second-order valence-electron chi connectivity index (χ2n) is 6.44. The topological polar surface area (TPSA) is 58.6 Å². The van der Waals surface area contributed by atoms with Gasteiger partial charge in [0.1, 0.15) is 5.75 Å². The van der Waals surface area contributed by atoms with Gasteiger partial charge in [-0.3, -0.25) is 4.72 Å². The van der Waals surface area contributed by atoms with Gasteiger partial charge in [0, 0.05) is 24.5 Å². The van der Waals surface area contributed by atoms with Gasteiger partial charge < -0.3 is 9.64 Å². The highest BCUT2D eigenvalue weighted by molar-refractivity contribution is 7.92. The maximum Gasteiger partial charge on any atom is 0.262 e. The number of methoxy groups -OCH3 is 1. The summed E-state index contributed by atoms with van der Waals surface area (Å²) in [6.07, 6.45) is 2.43. The first-order valence-electron chi connectivity index (χ1n) is 8.44. The minimum absolute atomic E-state index is 0.303. The molecule has 2 aromatic rings. The van der Waals surface area contributed by atoms with Crippen LogP contribution in [0.3, 0.4) is 0 Å². The third kappa shape index (κ3) is 3.74. The highest BCUT2D eigenvalue weighted by Crippen LogP contribution is 2.28. The zero-order valence-electron chi connectivity index (χ0n) is 14.9. The number of ether oxygens (including phenoxy) is 1. The molecule has 3 rings (SSSR count). The molecule has 6 heteroatoms. The first kappa shape index (κ1) is 17.6. The van der Waals surface area contributed by atoms with Crippen LogP contribution in [0.2, 0.25) is 0 Å². The maximum atomic E-state index is 12.8. The third-order valence-corrected chi connectivity index (χ3v) is 6.21. The van der Waals surface area contributed by atoms with E-state index in [0.29, 0.717) is 27.5 Å². The Morgan fingerprint density at radius 1 is 1.00 bits per heavy atom. The van der Waals surface area contributed by atoms with Crippen molar-refractivity contribution in [3.8, 4) is 5.75 Å². The minimum atomic E-state index is -3.65. The molecule has 0 saturated carbocycles. The summed E-state index contributed by atoms with van der Waals surface area (Å²) in [6, 6.07) is 11.0. The molecule has 0 aliphatic carbocycles. The van der Waals surface area contributed by atoms with Crippen molar-refractivity contribution in [2.24, 2.45) is 0 Å². The van der Waals surface area contributed by atoms with E-state index in [4.69, 9.17) is 4.74 Å². The molecule has 25 heavy (non-hydrogen) atoms. The lowest BCUT2D eigenvalue weighted by Crippen LogP contribution is -2.18. The summed E-state index contributed by atoms with van der Waals surface area (Å²) >= 11 is 0. The Kier molecular flexibility index (Phi) is 4.90. The smallest absolute Gasteiger partial charge is 0.262 e. The average Bonchev–Trinajstić information content (AvgIpc) is 3.08. The van der Waals surface area contributed by atoms with E-state index in [1.807, 2.05) is 24.3 Å². The zero-order valence-corrected chi connectivity index (χ0v) is 15.7. The van der Waals surface area contributed by atoms with Crippen molar-refractivity contribution < 1.29 is 13.2 Å². The molecule has 2 aromatic carbocycles. The minimum Gasteiger partial charge on any atom is -0.497 e. The quantitative estimate of drug-likeness (QED) is 0.883. The molecule has 0 spiro atoms. The predicted octanol–water partition coefficient (Wildman–Crippen LogP) is 3.71. The number of benzene rings is 2. The van der Waals surface area contributed by atoms with Crippen LogP contribution < -0.4 is 14.4 Å². The molecule has 1 heterocycles. The van der Waals surface area contributed by atoms with Crippen molar-refractivity contribution in [1.29, 1.82) is 0 Å². The number of hydrogen-bond acceptors (Lipinski definition) is 4. The molecule has 1 fully saturated rings. The lowest BCUT2D eigenvalue weighted by Gasteiger charge is -2.18. The van der Waals surface area contributed by atoms with Crippen LogP contribution in [0, 0.1) is 13.8 Å². The van der Waals surface area contributed by atoms with Crippen molar-refractivity contribution in [3.63, 3.8) is 0 Å². The Bertz CT molecular complexity index is 832. The number of nitrogens with one attached hydrogen (secondary N) is 1. The Balaban J connectivity index is 1.84. The summed E-state index contributed by atoms with van der Waals surface area (Å²) in [6.45, 7) is 5.69. The molecule has 0 bridgehead atoms. The van der Waals surface area contributed by atoms with E-state index in [1.165, 1.54) is 12.8 Å². The van der Waals surface area contributed by atoms with Crippen molar-refractivity contribution in [2.75, 3.05) is 29.8 Å². The highest BCUT2D eigenvalue weighted by atomic mass is 32.2. The molecular weight excluding hydrogens is 336 g/mol. The van der Waals surface area contributed by atoms with Gasteiger partial charge in [0.25, 0.3) is 10.0 Å². The van der Waals surface area contributed by atoms with Crippen LogP contribution in [0.1, 0.15) is 24.0 Å². The lowest BCUT2D eigenvalue weighted by molar-refractivity contribution is 0.413. The van der Waals surface area contributed by atoms with E-state index in [2.05, 4.69) is 9.62 Å². The van der Waals surface area contributed by atoms with Crippen molar-refractivity contribution in [3.05, 3.63) is 47.5 Å². The number of sulfonamides is 1. The summed E-state index contributed by atoms with van der Waals surface area (Å²) in [5, 5.41) is 0. The highest BCUT2D eigenvalue weighted by Gasteiger charge is 2.21. The molecule has 1 N–H and O–H groups in total. The van der Waals surface area contributed by atoms with Gasteiger partial charge in [0.2, 0.25) is 0 Å². The van der Waals surface area contributed by atoms with Crippen LogP contribution in [0.25, 0.3) is 0 Å². The molecule has 0 amide bonds. The van der Waals surface area contributed by atoms with E-state index in [0.717, 1.165) is 18.8 Å². The van der Waals surface area contributed by atoms with E-state index >= 15 is 0 Å². The van der Waals surface area contributed by atoms with Gasteiger partial charge in [0.15, 0.2) is 0 Å². The molecule has 1 aliphatic rings. The van der Waals surface area contributed by atoms with Crippen LogP contribution in [0.4, 0.5) is 11.4 Å². The fourth-order valence-corrected chi connectivity index (χ4v) is 4.89. The molecule has 0 atom stereocenters. The fraction of sp³-hybridized carbons (Fsp3) is 0.368. The number of nitrogens with zero attached hydrogens (tertiary/aromatic N) is 1. The average molecular weight is 360 g/mol. The third-order valence-electron chi connectivity index (χ3n) is 4.53. The second kappa shape index (κ2) is 6.96. The molecule has 0 radical (unpaired) electrons. The van der Waals surface area contributed by atoms with E-state index in [1.54, 1.807) is 33.1 Å². The van der Waals surface area contributed by atoms with E-state index in [-0.39, 0.29) is 0 Å². The fourth-order valence-electron chi connectivity index (χ4n) is 3.37. The van der Waals surface area contributed by atoms with Crippen LogP contribution >= 0.6 is 0 Å². The van der Waals surface area contributed by atoms with Gasteiger partial charge >= 0.3 is 0 Å². The summed E-state index contributed by atoms with van der Waals surface area (Å²) in [4.78, 5) is 2.62. The zero-order chi connectivity index (χ0) is 18.0. The van der Waals surface area contributed by atoms with E-state index < -0.39 is 10.0 Å². The summed E-state index contributed by atoms with van der Waals surface area (Å²) < 4.78 is 33.5. The Hall–Kier alpha value is -2.21. The Morgan fingerprint density at radius 2 is 1.56 bits per heavy atom. The first-order chi connectivity index (χ1) is 11.9. The number of aryl methyl sites for hydroxylation is 2. The maximum absolute atomic E-state index is 12.8. The number of anilines is 2. The molecule has 5 nitrogen and oxygen atoms in total. The summed E-state index contributed by atoms with van der Waals surface area (Å²) in [5.41, 5.74) is 3.03. The molecule has 134 valence electrons. The van der Waals surface area contributed by atoms with Gasteiger partial charge in [-0.25, -0.2) is 8.42 Å². The van der Waals surface area contributed by atoms with Gasteiger partial charge in [0.05, 0.1) is 12.0 Å². The van der Waals surface area contributed by atoms with Gasteiger partial charge in [-0.05, 0) is 74.2 Å². The van der Waals surface area contributed by atoms with Crippen molar-refractivity contribution in [1.82, 2.24) is 0 Å². The monoisotopic (exact) mass is 360 g/mol. The predicted molar refractivity (Wildman–Crippen MR) is 101 cm³/mol. The van der Waals surface area contributed by atoms with E-state index in [9.17, 15) is 8.42 Å². The van der Waals surface area contributed by atoms with Crippen molar-refractivity contribution >= 4 is 21.4 Å². The molecule has 1 aliphatic heterocycles. The standard InChI is InChI=1S/C19H24N2O3S/c1-14-12-18(24-3)13-15(2)19(14)25(22,23)20-16-6-8-17(9-7-16)21-10-4-5-11-21/h6-9,12-13,20H,4-5,10-11H2,1-3H3. The van der Waals surface area contributed by atoms with Gasteiger partial charge in [-0.15, -0.1) is 0 Å². The summed E-state index contributed by atoms with van der Waals surface area (Å²) in [7, 11) is -2.08. The van der Waals surface area contributed by atoms with Crippen LogP contribution in [-0.4, -0.2) is 28.6 Å². The Morgan fingerprint density at radius 3 is 2.08 bits per heavy atom. The van der Waals surface area contributed by atoms with Gasteiger partial charge in [-0.2, -0.15) is 0 Å². The van der Waals surface area contributed by atoms with Crippen LogP contribution in [-0.2, 0) is 10.0 Å². The van der Waals surface area contributed by atoms with Gasteiger partial charge in [-0.1, -0.05) is 0 Å². The first-order valence-corrected chi connectivity index (χ1v) is 9.92. The number of hydrogen-bond donors (Lipinski definition) is 1. The molecule has 1 saturated heterocycles. The molecule has 0 aromatic heterocycles. The normalized spacial score (nSPS) is 14.6. The Labute approximate surface area is 149 Å². The SMILES string of the molecule is COc1cc(C)c(S(=O)(=O)Nc2ccc(N3CCCC3)cc2)c(C)c1. The molecular formula is C19H24N2O3S. The van der Waals surface area contributed by atoms with Crippen LogP contribution in [0.15, 0.2) is 41.3 Å². The second-order valence-corrected chi connectivity index (χ2v) is 8.06.